The largest absolute Gasteiger partial charge is 0.492 e. The minimum absolute atomic E-state index is 0.0906. The molecule has 0 bridgehead atoms. The van der Waals surface area contributed by atoms with Crippen LogP contribution < -0.4 is 10.1 Å². The highest BCUT2D eigenvalue weighted by Crippen LogP contribution is 2.18. The molecule has 1 fully saturated rings. The first kappa shape index (κ1) is 25.1. The summed E-state index contributed by atoms with van der Waals surface area (Å²) in [7, 11) is 2.14. The minimum Gasteiger partial charge on any atom is -0.492 e. The first-order chi connectivity index (χ1) is 17.0. The lowest BCUT2D eigenvalue weighted by Gasteiger charge is -2.31. The SMILES string of the molecule is Cc1ccc(-c2n[nH]c(=S)n2CC(=O)NCc2cccc(OCCN(C)C3CCOCC3)c2)cc1. The molecule has 0 unspecified atom stereocenters. The van der Waals surface area contributed by atoms with E-state index in [2.05, 4.69) is 27.5 Å². The molecule has 2 N–H and O–H groups in total. The summed E-state index contributed by atoms with van der Waals surface area (Å²) in [6, 6.07) is 16.4. The first-order valence-electron chi connectivity index (χ1n) is 12.0. The molecule has 1 aliphatic rings. The van der Waals surface area contributed by atoms with Gasteiger partial charge in [0, 0.05) is 37.9 Å². The zero-order chi connectivity index (χ0) is 24.6. The fraction of sp³-hybridized carbons (Fsp3) is 0.423. The van der Waals surface area contributed by atoms with Crippen LogP contribution >= 0.6 is 12.2 Å². The molecule has 1 aromatic heterocycles. The molecule has 8 nitrogen and oxygen atoms in total. The van der Waals surface area contributed by atoms with Gasteiger partial charge < -0.3 is 14.8 Å². The summed E-state index contributed by atoms with van der Waals surface area (Å²) >= 11 is 5.35. The van der Waals surface area contributed by atoms with E-state index in [0.29, 0.717) is 29.8 Å². The van der Waals surface area contributed by atoms with Crippen LogP contribution in [0.2, 0.25) is 0 Å². The van der Waals surface area contributed by atoms with E-state index in [-0.39, 0.29) is 12.5 Å². The van der Waals surface area contributed by atoms with Gasteiger partial charge in [-0.25, -0.2) is 0 Å². The lowest BCUT2D eigenvalue weighted by molar-refractivity contribution is -0.121. The van der Waals surface area contributed by atoms with Gasteiger partial charge >= 0.3 is 0 Å². The summed E-state index contributed by atoms with van der Waals surface area (Å²) in [5.41, 5.74) is 3.04. The zero-order valence-corrected chi connectivity index (χ0v) is 21.1. The average molecular weight is 496 g/mol. The molecule has 186 valence electrons. The van der Waals surface area contributed by atoms with Crippen molar-refractivity contribution in [3.63, 3.8) is 0 Å². The smallest absolute Gasteiger partial charge is 0.240 e. The van der Waals surface area contributed by atoms with Crippen LogP contribution in [0, 0.1) is 11.7 Å². The maximum Gasteiger partial charge on any atom is 0.240 e. The molecule has 2 heterocycles. The molecule has 1 amide bonds. The average Bonchev–Trinajstić information content (AvgIpc) is 3.23. The molecule has 2 aromatic carbocycles. The van der Waals surface area contributed by atoms with Crippen molar-refractivity contribution in [2.75, 3.05) is 33.4 Å². The molecule has 1 saturated heterocycles. The maximum atomic E-state index is 12.7. The number of rotatable bonds is 10. The second-order valence-electron chi connectivity index (χ2n) is 8.90. The van der Waals surface area contributed by atoms with Crippen LogP contribution in [0.4, 0.5) is 0 Å². The number of aromatic nitrogens is 3. The van der Waals surface area contributed by atoms with E-state index >= 15 is 0 Å². The number of carbonyl (C=O) groups excluding carboxylic acids is 1. The van der Waals surface area contributed by atoms with Gasteiger partial charge in [-0.2, -0.15) is 5.10 Å². The van der Waals surface area contributed by atoms with Crippen LogP contribution in [-0.4, -0.2) is 65.0 Å². The summed E-state index contributed by atoms with van der Waals surface area (Å²) in [4.78, 5) is 15.0. The fourth-order valence-corrected chi connectivity index (χ4v) is 4.35. The van der Waals surface area contributed by atoms with Gasteiger partial charge in [-0.3, -0.25) is 19.4 Å². The molecule has 3 aromatic rings. The number of hydrogen-bond acceptors (Lipinski definition) is 6. The lowest BCUT2D eigenvalue weighted by Crippen LogP contribution is -2.38. The van der Waals surface area contributed by atoms with Gasteiger partial charge in [0.25, 0.3) is 0 Å². The summed E-state index contributed by atoms with van der Waals surface area (Å²) in [6.45, 7) is 5.68. The van der Waals surface area contributed by atoms with Gasteiger partial charge in [-0.1, -0.05) is 42.0 Å². The van der Waals surface area contributed by atoms with E-state index in [4.69, 9.17) is 21.7 Å². The highest BCUT2D eigenvalue weighted by molar-refractivity contribution is 7.71. The summed E-state index contributed by atoms with van der Waals surface area (Å²) in [5.74, 6) is 1.31. The molecule has 0 saturated carbocycles. The molecule has 0 atom stereocenters. The van der Waals surface area contributed by atoms with Crippen molar-refractivity contribution in [3.05, 3.63) is 64.4 Å². The fourth-order valence-electron chi connectivity index (χ4n) is 4.15. The Morgan fingerprint density at radius 2 is 2.03 bits per heavy atom. The number of aromatic amines is 1. The summed E-state index contributed by atoms with van der Waals surface area (Å²) < 4.78 is 13.5. The number of nitrogens with one attached hydrogen (secondary N) is 2. The Hall–Kier alpha value is -3.01. The predicted octanol–water partition coefficient (Wildman–Crippen LogP) is 3.72. The Bertz CT molecular complexity index is 1170. The number of nitrogens with zero attached hydrogens (tertiary/aromatic N) is 3. The third-order valence-corrected chi connectivity index (χ3v) is 6.60. The van der Waals surface area contributed by atoms with Gasteiger partial charge in [0.05, 0.1) is 0 Å². The molecule has 4 rings (SSSR count). The number of aryl methyl sites for hydroxylation is 1. The van der Waals surface area contributed by atoms with E-state index in [0.717, 1.165) is 55.0 Å². The first-order valence-corrected chi connectivity index (χ1v) is 12.4. The highest BCUT2D eigenvalue weighted by atomic mass is 32.1. The molecule has 0 radical (unpaired) electrons. The Kier molecular flexibility index (Phi) is 8.68. The van der Waals surface area contributed by atoms with E-state index in [1.165, 1.54) is 0 Å². The van der Waals surface area contributed by atoms with Gasteiger partial charge in [-0.15, -0.1) is 0 Å². The summed E-state index contributed by atoms with van der Waals surface area (Å²) in [6.07, 6.45) is 2.14. The monoisotopic (exact) mass is 495 g/mol. The van der Waals surface area contributed by atoms with Gasteiger partial charge in [0.2, 0.25) is 5.91 Å². The van der Waals surface area contributed by atoms with Crippen molar-refractivity contribution in [2.45, 2.75) is 38.9 Å². The molecule has 35 heavy (non-hydrogen) atoms. The van der Waals surface area contributed by atoms with E-state index < -0.39 is 0 Å². The van der Waals surface area contributed by atoms with E-state index in [1.54, 1.807) is 4.57 Å². The minimum atomic E-state index is -0.139. The van der Waals surface area contributed by atoms with E-state index in [9.17, 15) is 4.79 Å². The number of H-pyrrole nitrogens is 1. The van der Waals surface area contributed by atoms with Gasteiger partial charge in [0.1, 0.15) is 18.9 Å². The predicted molar refractivity (Wildman–Crippen MR) is 138 cm³/mol. The normalized spacial score (nSPS) is 14.3. The van der Waals surface area contributed by atoms with Crippen LogP contribution in [0.1, 0.15) is 24.0 Å². The number of hydrogen-bond donors (Lipinski definition) is 2. The topological polar surface area (TPSA) is 84.4 Å². The van der Waals surface area contributed by atoms with Crippen LogP contribution in [0.5, 0.6) is 5.75 Å². The third kappa shape index (κ3) is 7.00. The van der Waals surface area contributed by atoms with Crippen molar-refractivity contribution < 1.29 is 14.3 Å². The van der Waals surface area contributed by atoms with Crippen molar-refractivity contribution in [2.24, 2.45) is 0 Å². The van der Waals surface area contributed by atoms with Crippen LogP contribution in [0.25, 0.3) is 11.4 Å². The molecule has 9 heteroatoms. The Morgan fingerprint density at radius 1 is 1.26 bits per heavy atom. The molecule has 0 aliphatic carbocycles. The van der Waals surface area contributed by atoms with Crippen LogP contribution in [0.3, 0.4) is 0 Å². The molecular weight excluding hydrogens is 462 g/mol. The zero-order valence-electron chi connectivity index (χ0n) is 20.3. The number of likely N-dealkylation sites (N-methyl/N-ethyl adjacent to an activating group) is 1. The lowest BCUT2D eigenvalue weighted by atomic mass is 10.1. The van der Waals surface area contributed by atoms with Crippen molar-refractivity contribution >= 4 is 18.1 Å². The highest BCUT2D eigenvalue weighted by Gasteiger charge is 2.18. The standard InChI is InChI=1S/C26H33N5O3S/c1-19-6-8-21(9-7-19)25-28-29-26(35)31(25)18-24(32)27-17-20-4-3-5-23(16-20)34-15-12-30(2)22-10-13-33-14-11-22/h3-9,16,22H,10-15,17-18H2,1-2H3,(H,27,32)(H,29,35). The van der Waals surface area contributed by atoms with Gasteiger partial charge in [-0.05, 0) is 56.7 Å². The quantitative estimate of drug-likeness (QED) is 0.417. The summed E-state index contributed by atoms with van der Waals surface area (Å²) in [5, 5.41) is 10.1. The van der Waals surface area contributed by atoms with Gasteiger partial charge in [0.15, 0.2) is 10.6 Å². The molecular formula is C26H33N5O3S. The number of benzene rings is 2. The molecule has 0 spiro atoms. The third-order valence-electron chi connectivity index (χ3n) is 6.28. The van der Waals surface area contributed by atoms with Crippen LogP contribution in [0.15, 0.2) is 48.5 Å². The number of amides is 1. The second-order valence-corrected chi connectivity index (χ2v) is 9.29. The van der Waals surface area contributed by atoms with Crippen molar-refractivity contribution in [3.8, 4) is 17.1 Å². The number of carbonyl (C=O) groups is 1. The van der Waals surface area contributed by atoms with E-state index in [1.807, 2.05) is 55.5 Å². The maximum absolute atomic E-state index is 12.7. The Labute approximate surface area is 211 Å². The molecule has 1 aliphatic heterocycles. The Balaban J connectivity index is 1.27. The number of ether oxygens (including phenoxy) is 2. The second kappa shape index (κ2) is 12.1. The van der Waals surface area contributed by atoms with Crippen molar-refractivity contribution in [1.29, 1.82) is 0 Å². The van der Waals surface area contributed by atoms with Crippen molar-refractivity contribution in [1.82, 2.24) is 25.0 Å². The van der Waals surface area contributed by atoms with Crippen LogP contribution in [-0.2, 0) is 22.6 Å². The Morgan fingerprint density at radius 3 is 2.80 bits per heavy atom.